The Balaban J connectivity index is 2.65. The highest BCUT2D eigenvalue weighted by Crippen LogP contribution is 2.35. The van der Waals surface area contributed by atoms with Gasteiger partial charge in [0.25, 0.3) is 0 Å². The lowest BCUT2D eigenvalue weighted by molar-refractivity contribution is -0.352. The third kappa shape index (κ3) is 15.2. The molecule has 0 aromatic carbocycles. The number of unbranched alkanes of at least 4 members (excludes halogenated alkanes) is 2. The maximum Gasteiger partial charge on any atom is 0.448 e. The predicted molar refractivity (Wildman–Crippen MR) is 172 cm³/mol. The minimum atomic E-state index is -5.05. The number of aliphatic hydroxyl groups is 2. The van der Waals surface area contributed by atoms with E-state index in [1.54, 1.807) is 0 Å². The molecule has 0 radical (unpaired) electrons. The number of carbonyl (C=O) groups is 3. The summed E-state index contributed by atoms with van der Waals surface area (Å²) in [6, 6.07) is -1.68. The van der Waals surface area contributed by atoms with Crippen LogP contribution < -0.4 is 5.32 Å². The Labute approximate surface area is 308 Å². The summed E-state index contributed by atoms with van der Waals surface area (Å²) in [5.41, 5.74) is 0. The zero-order valence-electron chi connectivity index (χ0n) is 28.4. The fraction of sp³-hybridized carbons (Fsp3) is 0.833. The van der Waals surface area contributed by atoms with Gasteiger partial charge >= 0.3 is 24.2 Å². The van der Waals surface area contributed by atoms with Crippen molar-refractivity contribution < 1.29 is 80.4 Å². The molecule has 1 amide bonds. The molecular formula is C30H45Cl3F3NO14. The summed E-state index contributed by atoms with van der Waals surface area (Å²) in [5.74, 6) is -3.33. The van der Waals surface area contributed by atoms with Crippen LogP contribution in [0.25, 0.3) is 0 Å². The van der Waals surface area contributed by atoms with Crippen LogP contribution in [0.2, 0.25) is 0 Å². The van der Waals surface area contributed by atoms with Gasteiger partial charge in [0, 0.05) is 27.1 Å². The van der Waals surface area contributed by atoms with E-state index in [1.165, 1.54) is 0 Å². The zero-order valence-corrected chi connectivity index (χ0v) is 30.7. The summed E-state index contributed by atoms with van der Waals surface area (Å²) < 4.78 is 89.2. The number of amides is 1. The second-order valence-electron chi connectivity index (χ2n) is 11.6. The van der Waals surface area contributed by atoms with E-state index in [1.807, 2.05) is 13.8 Å². The number of nitrogens with one attached hydrogen (secondary N) is 1. The second kappa shape index (κ2) is 21.1. The zero-order chi connectivity index (χ0) is 38.5. The number of alkyl carbamates (subject to hydrolysis) is 1. The largest absolute Gasteiger partial charge is 0.463 e. The fourth-order valence-electron chi connectivity index (χ4n) is 4.82. The van der Waals surface area contributed by atoms with Crippen LogP contribution >= 0.6 is 34.8 Å². The van der Waals surface area contributed by atoms with Gasteiger partial charge in [0.2, 0.25) is 10.1 Å². The Morgan fingerprint density at radius 2 is 1.45 bits per heavy atom. The van der Waals surface area contributed by atoms with Crippen LogP contribution in [-0.4, -0.2) is 133 Å². The van der Waals surface area contributed by atoms with Gasteiger partial charge in [-0.05, 0) is 12.8 Å². The summed E-state index contributed by atoms with van der Waals surface area (Å²) >= 11 is 17.1. The van der Waals surface area contributed by atoms with Gasteiger partial charge in [-0.3, -0.25) is 9.59 Å². The first kappa shape index (κ1) is 45.3. The molecular weight excluding hydrogens is 762 g/mol. The van der Waals surface area contributed by atoms with Gasteiger partial charge in [0.15, 0.2) is 18.2 Å². The molecule has 2 rings (SSSR count). The van der Waals surface area contributed by atoms with Crippen LogP contribution in [0.3, 0.4) is 0 Å². The normalized spacial score (nSPS) is 29.9. The minimum Gasteiger partial charge on any atom is -0.463 e. The summed E-state index contributed by atoms with van der Waals surface area (Å²) in [6.07, 6.45) is -18.7. The maximum atomic E-state index is 13.7. The lowest BCUT2D eigenvalue weighted by Crippen LogP contribution is -2.68. The van der Waals surface area contributed by atoms with Crippen molar-refractivity contribution in [3.63, 3.8) is 0 Å². The number of hydrogen-bond donors (Lipinski definition) is 3. The molecule has 0 aromatic heterocycles. The molecule has 5 unspecified atom stereocenters. The summed E-state index contributed by atoms with van der Waals surface area (Å²) in [4.78, 5) is 36.5. The quantitative estimate of drug-likeness (QED) is 0.0600. The molecule has 2 fully saturated rings. The second-order valence-corrected chi connectivity index (χ2v) is 14.1. The molecule has 2 saturated heterocycles. The fourth-order valence-corrected chi connectivity index (χ4v) is 4.98. The van der Waals surface area contributed by atoms with Gasteiger partial charge in [-0.1, -0.05) is 68.1 Å². The number of alkyl halides is 6. The number of halogens is 6. The van der Waals surface area contributed by atoms with Crippen LogP contribution in [-0.2, 0) is 52.2 Å². The average Bonchev–Trinajstić information content (AvgIpc) is 3.02. The molecule has 10 atom stereocenters. The topological polar surface area (TPSA) is 187 Å². The maximum absolute atomic E-state index is 13.7. The van der Waals surface area contributed by atoms with Crippen molar-refractivity contribution in [3.8, 4) is 0 Å². The first-order chi connectivity index (χ1) is 23.8. The molecule has 51 heavy (non-hydrogen) atoms. The van der Waals surface area contributed by atoms with E-state index in [0.29, 0.717) is 19.3 Å². The highest BCUT2D eigenvalue weighted by atomic mass is 35.6. The molecule has 21 heteroatoms. The first-order valence-electron chi connectivity index (χ1n) is 16.0. The molecule has 0 aromatic rings. The first-order valence-corrected chi connectivity index (χ1v) is 17.2. The molecule has 2 heterocycles. The number of allylic oxidation sites excluding steroid dienone is 1. The van der Waals surface area contributed by atoms with Crippen molar-refractivity contribution in [1.29, 1.82) is 0 Å². The van der Waals surface area contributed by atoms with Crippen molar-refractivity contribution in [2.45, 2.75) is 125 Å². The lowest BCUT2D eigenvalue weighted by Gasteiger charge is -2.49. The standard InChI is InChI=1S/C30H45Cl3F3NO14/c1-6-8-10-43-12-19-23(51-27-25(48-17(5)39)22(41)21(40)18(49-27)13-45-16(4)38)24(44-11-9-7-2)20(37-28(42)46-14-29(31,32)33)26(50-19)47-15(3)30(34,35)36/h18-27,40-41H,3,6-14H2,1-2,4-5H3,(H,37,42)/t18?,19?,20?,21-,22?,23+,24+,25-,26?,27-/m0/s1. The molecule has 2 aliphatic heterocycles. The van der Waals surface area contributed by atoms with Crippen molar-refractivity contribution in [1.82, 2.24) is 5.32 Å². The van der Waals surface area contributed by atoms with Gasteiger partial charge in [0.1, 0.15) is 55.9 Å². The Morgan fingerprint density at radius 3 is 2.02 bits per heavy atom. The van der Waals surface area contributed by atoms with Crippen LogP contribution in [0.1, 0.15) is 53.4 Å². The number of ether oxygens (including phenoxy) is 9. The van der Waals surface area contributed by atoms with E-state index in [-0.39, 0.29) is 19.8 Å². The molecule has 0 spiro atoms. The lowest BCUT2D eigenvalue weighted by atomic mass is 9.95. The van der Waals surface area contributed by atoms with Crippen molar-refractivity contribution in [3.05, 3.63) is 12.3 Å². The molecule has 3 N–H and O–H groups in total. The van der Waals surface area contributed by atoms with Crippen LogP contribution in [0.4, 0.5) is 18.0 Å². The predicted octanol–water partition coefficient (Wildman–Crippen LogP) is 3.60. The average molecular weight is 807 g/mol. The van der Waals surface area contributed by atoms with E-state index >= 15 is 0 Å². The Morgan fingerprint density at radius 1 is 0.824 bits per heavy atom. The van der Waals surface area contributed by atoms with Gasteiger partial charge < -0.3 is 58.2 Å². The van der Waals surface area contributed by atoms with Gasteiger partial charge in [0.05, 0.1) is 6.61 Å². The molecule has 2 aliphatic rings. The van der Waals surface area contributed by atoms with Crippen LogP contribution in [0.5, 0.6) is 0 Å². The van der Waals surface area contributed by atoms with Crippen molar-refractivity contribution >= 4 is 52.8 Å². The highest BCUT2D eigenvalue weighted by molar-refractivity contribution is 6.67. The number of aliphatic hydroxyl groups excluding tert-OH is 2. The van der Waals surface area contributed by atoms with E-state index < -0.39 is 108 Å². The Kier molecular flexibility index (Phi) is 18.8. The highest BCUT2D eigenvalue weighted by Gasteiger charge is 2.55. The third-order valence-corrected chi connectivity index (χ3v) is 7.62. The number of rotatable bonds is 18. The molecule has 0 saturated carbocycles. The van der Waals surface area contributed by atoms with E-state index in [2.05, 4.69) is 11.9 Å². The van der Waals surface area contributed by atoms with Gasteiger partial charge in [-0.15, -0.1) is 0 Å². The van der Waals surface area contributed by atoms with Crippen molar-refractivity contribution in [2.75, 3.05) is 33.0 Å². The summed E-state index contributed by atoms with van der Waals surface area (Å²) in [5, 5.41) is 24.0. The number of carbonyl (C=O) groups excluding carboxylic acids is 3. The van der Waals surface area contributed by atoms with Crippen molar-refractivity contribution in [2.24, 2.45) is 0 Å². The van der Waals surface area contributed by atoms with Gasteiger partial charge in [-0.25, -0.2) is 4.79 Å². The smallest absolute Gasteiger partial charge is 0.448 e. The van der Waals surface area contributed by atoms with Crippen LogP contribution in [0.15, 0.2) is 12.3 Å². The van der Waals surface area contributed by atoms with E-state index in [9.17, 15) is 37.8 Å². The molecule has 296 valence electrons. The minimum absolute atomic E-state index is 0.0337. The molecule has 0 aliphatic carbocycles. The molecule has 0 bridgehead atoms. The Bertz CT molecular complexity index is 1130. The number of hydrogen-bond acceptors (Lipinski definition) is 14. The Hall–Kier alpha value is -1.87. The van der Waals surface area contributed by atoms with E-state index in [0.717, 1.165) is 20.3 Å². The SMILES string of the molecule is C=C(OC1OC(COCCCC)[C@@H](O[C@@H]2OC(COC(C)=O)[C@H](O)C(O)[C@@H]2OC(C)=O)[C@H](OCCCC)C1NC(=O)OCC(Cl)(Cl)Cl)C(F)(F)F. The van der Waals surface area contributed by atoms with Gasteiger partial charge in [-0.2, -0.15) is 13.2 Å². The third-order valence-electron chi connectivity index (χ3n) is 7.29. The van der Waals surface area contributed by atoms with Crippen LogP contribution in [0, 0.1) is 0 Å². The number of esters is 2. The summed E-state index contributed by atoms with van der Waals surface area (Å²) in [6.45, 7) is 7.28. The monoisotopic (exact) mass is 805 g/mol. The summed E-state index contributed by atoms with van der Waals surface area (Å²) in [7, 11) is 0. The van der Waals surface area contributed by atoms with E-state index in [4.69, 9.17) is 77.4 Å². The molecule has 15 nitrogen and oxygen atoms in total.